The SMILES string of the molecule is CCOC(=O)c1c(COc2ccc(F)cc2)n(C)c2cc(-c3cccnc3)c(O)c(CN(C)C)c12.Cl. The first kappa shape index (κ1) is 27.0. The standard InChI is InChI=1S/C27H28FN3O4.ClH/c1-5-34-27(33)25-23(16-35-19-10-8-18(28)9-11-19)31(4)22-13-20(17-7-6-12-29-14-17)26(32)21(24(22)25)15-30(2)3;/h6-14,32H,5,15-16H2,1-4H3;1H. The molecule has 0 aliphatic rings. The molecule has 4 aromatic rings. The average Bonchev–Trinajstić information content (AvgIpc) is 3.12. The van der Waals surface area contributed by atoms with Crippen LogP contribution in [0.3, 0.4) is 0 Å². The van der Waals surface area contributed by atoms with E-state index in [-0.39, 0.29) is 37.2 Å². The minimum absolute atomic E-state index is 0. The number of phenols is 1. The molecule has 0 aliphatic heterocycles. The van der Waals surface area contributed by atoms with Crippen LogP contribution in [0.1, 0.15) is 28.5 Å². The Hall–Kier alpha value is -3.62. The Balaban J connectivity index is 0.00000361. The quantitative estimate of drug-likeness (QED) is 0.321. The Kier molecular flexibility index (Phi) is 8.55. The highest BCUT2D eigenvalue weighted by molar-refractivity contribution is 6.09. The molecule has 0 amide bonds. The lowest BCUT2D eigenvalue weighted by molar-refractivity contribution is 0.0525. The molecule has 0 unspecified atom stereocenters. The van der Waals surface area contributed by atoms with Crippen molar-refractivity contribution < 1.29 is 23.8 Å². The zero-order valence-corrected chi connectivity index (χ0v) is 21.4. The zero-order chi connectivity index (χ0) is 25.1. The predicted molar refractivity (Wildman–Crippen MR) is 139 cm³/mol. The summed E-state index contributed by atoms with van der Waals surface area (Å²) in [5, 5.41) is 12.0. The van der Waals surface area contributed by atoms with Crippen molar-refractivity contribution in [3.05, 3.63) is 77.5 Å². The van der Waals surface area contributed by atoms with Gasteiger partial charge in [-0.25, -0.2) is 9.18 Å². The molecule has 2 heterocycles. The van der Waals surface area contributed by atoms with Crippen molar-refractivity contribution in [2.75, 3.05) is 20.7 Å². The van der Waals surface area contributed by atoms with Crippen LogP contribution in [0, 0.1) is 5.82 Å². The highest BCUT2D eigenvalue weighted by Crippen LogP contribution is 2.41. The molecular formula is C27H29ClFN3O4. The van der Waals surface area contributed by atoms with E-state index in [4.69, 9.17) is 9.47 Å². The molecule has 4 rings (SSSR count). The second-order valence-electron chi connectivity index (χ2n) is 8.47. The monoisotopic (exact) mass is 513 g/mol. The first-order valence-electron chi connectivity index (χ1n) is 11.3. The molecule has 0 radical (unpaired) electrons. The number of nitrogens with zero attached hydrogens (tertiary/aromatic N) is 3. The van der Waals surface area contributed by atoms with Crippen molar-refractivity contribution in [3.8, 4) is 22.6 Å². The Morgan fingerprint density at radius 2 is 1.92 bits per heavy atom. The van der Waals surface area contributed by atoms with Gasteiger partial charge < -0.3 is 24.0 Å². The molecule has 0 fully saturated rings. The minimum atomic E-state index is -0.496. The van der Waals surface area contributed by atoms with E-state index < -0.39 is 5.97 Å². The maximum Gasteiger partial charge on any atom is 0.340 e. The van der Waals surface area contributed by atoms with Crippen LogP contribution in [0.25, 0.3) is 22.0 Å². The van der Waals surface area contributed by atoms with Gasteiger partial charge in [-0.15, -0.1) is 12.4 Å². The van der Waals surface area contributed by atoms with Crippen molar-refractivity contribution >= 4 is 29.3 Å². The fraction of sp³-hybridized carbons (Fsp3) is 0.259. The third kappa shape index (κ3) is 5.29. The highest BCUT2D eigenvalue weighted by Gasteiger charge is 2.28. The van der Waals surface area contributed by atoms with E-state index >= 15 is 0 Å². The molecule has 0 aliphatic carbocycles. The molecule has 9 heteroatoms. The van der Waals surface area contributed by atoms with Crippen LogP contribution in [-0.4, -0.2) is 46.2 Å². The number of hydrogen-bond donors (Lipinski definition) is 1. The lowest BCUT2D eigenvalue weighted by atomic mass is 9.96. The van der Waals surface area contributed by atoms with Gasteiger partial charge in [-0.3, -0.25) is 4.98 Å². The molecule has 0 spiro atoms. The summed E-state index contributed by atoms with van der Waals surface area (Å²) in [6.07, 6.45) is 3.36. The molecule has 0 bridgehead atoms. The average molecular weight is 514 g/mol. The van der Waals surface area contributed by atoms with Gasteiger partial charge in [0.25, 0.3) is 0 Å². The summed E-state index contributed by atoms with van der Waals surface area (Å²) in [6.45, 7) is 2.40. The molecular weight excluding hydrogens is 485 g/mol. The number of halogens is 2. The van der Waals surface area contributed by atoms with Gasteiger partial charge in [0.15, 0.2) is 0 Å². The van der Waals surface area contributed by atoms with Gasteiger partial charge in [0.05, 0.1) is 23.4 Å². The number of aryl methyl sites for hydroxylation is 1. The molecule has 36 heavy (non-hydrogen) atoms. The van der Waals surface area contributed by atoms with Crippen molar-refractivity contribution in [2.45, 2.75) is 20.1 Å². The van der Waals surface area contributed by atoms with Gasteiger partial charge in [-0.1, -0.05) is 6.07 Å². The third-order valence-electron chi connectivity index (χ3n) is 5.80. The first-order valence-corrected chi connectivity index (χ1v) is 11.3. The van der Waals surface area contributed by atoms with Crippen molar-refractivity contribution in [2.24, 2.45) is 7.05 Å². The maximum atomic E-state index is 13.3. The van der Waals surface area contributed by atoms with E-state index in [0.717, 1.165) is 11.1 Å². The first-order chi connectivity index (χ1) is 16.8. The number of carbonyl (C=O) groups excluding carboxylic acids is 1. The summed E-state index contributed by atoms with van der Waals surface area (Å²) in [4.78, 5) is 19.3. The molecule has 2 aromatic heterocycles. The summed E-state index contributed by atoms with van der Waals surface area (Å²) in [5.41, 5.74) is 3.67. The Bertz CT molecular complexity index is 1360. The summed E-state index contributed by atoms with van der Waals surface area (Å²) in [7, 11) is 5.64. The van der Waals surface area contributed by atoms with Crippen LogP contribution < -0.4 is 4.74 Å². The maximum absolute atomic E-state index is 13.3. The van der Waals surface area contributed by atoms with Gasteiger partial charge in [-0.2, -0.15) is 0 Å². The summed E-state index contributed by atoms with van der Waals surface area (Å²) >= 11 is 0. The van der Waals surface area contributed by atoms with Crippen LogP contribution in [-0.2, 0) is 24.9 Å². The molecule has 0 atom stereocenters. The number of esters is 1. The zero-order valence-electron chi connectivity index (χ0n) is 20.6. The van der Waals surface area contributed by atoms with Crippen molar-refractivity contribution in [1.29, 1.82) is 0 Å². The number of ether oxygens (including phenoxy) is 2. The number of aromatic nitrogens is 2. The summed E-state index contributed by atoms with van der Waals surface area (Å²) in [5.74, 6) is -0.300. The minimum Gasteiger partial charge on any atom is -0.507 e. The number of aromatic hydroxyl groups is 1. The van der Waals surface area contributed by atoms with Crippen LogP contribution in [0.2, 0.25) is 0 Å². The Labute approximate surface area is 215 Å². The number of hydrogen-bond acceptors (Lipinski definition) is 6. The van der Waals surface area contributed by atoms with Crippen LogP contribution in [0.15, 0.2) is 54.9 Å². The number of rotatable bonds is 8. The molecule has 1 N–H and O–H groups in total. The van der Waals surface area contributed by atoms with E-state index in [0.29, 0.717) is 40.1 Å². The molecule has 0 saturated carbocycles. The molecule has 2 aromatic carbocycles. The highest BCUT2D eigenvalue weighted by atomic mass is 35.5. The smallest absolute Gasteiger partial charge is 0.340 e. The normalized spacial score (nSPS) is 10.9. The number of phenolic OH excluding ortho intramolecular Hbond substituents is 1. The van der Waals surface area contributed by atoms with E-state index in [1.165, 1.54) is 24.3 Å². The third-order valence-corrected chi connectivity index (χ3v) is 5.80. The second-order valence-corrected chi connectivity index (χ2v) is 8.47. The second kappa shape index (κ2) is 11.4. The Morgan fingerprint density at radius 1 is 1.19 bits per heavy atom. The summed E-state index contributed by atoms with van der Waals surface area (Å²) < 4.78 is 26.5. The number of fused-ring (bicyclic) bond motifs is 1. The van der Waals surface area contributed by atoms with Crippen molar-refractivity contribution in [1.82, 2.24) is 14.5 Å². The van der Waals surface area contributed by atoms with Gasteiger partial charge in [0.2, 0.25) is 0 Å². The van der Waals surface area contributed by atoms with Crippen LogP contribution in [0.4, 0.5) is 4.39 Å². The molecule has 190 valence electrons. The van der Waals surface area contributed by atoms with E-state index in [2.05, 4.69) is 4.98 Å². The molecule has 0 saturated heterocycles. The number of benzene rings is 2. The number of pyridine rings is 1. The van der Waals surface area contributed by atoms with Crippen molar-refractivity contribution in [3.63, 3.8) is 0 Å². The van der Waals surface area contributed by atoms with Gasteiger partial charge in [0, 0.05) is 48.1 Å². The fourth-order valence-electron chi connectivity index (χ4n) is 4.20. The fourth-order valence-corrected chi connectivity index (χ4v) is 4.20. The summed E-state index contributed by atoms with van der Waals surface area (Å²) in [6, 6.07) is 11.2. The topological polar surface area (TPSA) is 76.8 Å². The van der Waals surface area contributed by atoms with E-state index in [9.17, 15) is 14.3 Å². The predicted octanol–water partition coefficient (Wildman–Crippen LogP) is 5.32. The van der Waals surface area contributed by atoms with Gasteiger partial charge >= 0.3 is 5.97 Å². The van der Waals surface area contributed by atoms with E-state index in [1.54, 1.807) is 19.3 Å². The number of carbonyl (C=O) groups is 1. The Morgan fingerprint density at radius 3 is 2.53 bits per heavy atom. The van der Waals surface area contributed by atoms with Crippen LogP contribution >= 0.6 is 12.4 Å². The van der Waals surface area contributed by atoms with Gasteiger partial charge in [0.1, 0.15) is 23.9 Å². The van der Waals surface area contributed by atoms with Crippen LogP contribution in [0.5, 0.6) is 11.5 Å². The lowest BCUT2D eigenvalue weighted by Gasteiger charge is -2.17. The van der Waals surface area contributed by atoms with Gasteiger partial charge in [-0.05, 0) is 57.4 Å². The lowest BCUT2D eigenvalue weighted by Crippen LogP contribution is -2.13. The van der Waals surface area contributed by atoms with E-state index in [1.807, 2.05) is 48.8 Å². The molecule has 7 nitrogen and oxygen atoms in total. The largest absolute Gasteiger partial charge is 0.507 e.